The van der Waals surface area contributed by atoms with E-state index >= 15 is 0 Å². The lowest BCUT2D eigenvalue weighted by Crippen LogP contribution is -2.71. The summed E-state index contributed by atoms with van der Waals surface area (Å²) in [5.74, 6) is -1.11. The number of nitrogens with zero attached hydrogens (tertiary/aromatic N) is 1. The van der Waals surface area contributed by atoms with Crippen molar-refractivity contribution in [3.8, 4) is 0 Å². The Morgan fingerprint density at radius 1 is 1.28 bits per heavy atom. The minimum Gasteiger partial charge on any atom is -0.369 e. The molecule has 1 saturated heterocycles. The molecule has 1 saturated carbocycles. The second-order valence-electron chi connectivity index (χ2n) is 8.86. The number of amides is 3. The summed E-state index contributed by atoms with van der Waals surface area (Å²) in [6, 6.07) is 4.52. The average molecular weight is 454 g/mol. The Hall–Kier alpha value is -2.50. The number of methoxy groups -OCH3 is 1. The second kappa shape index (κ2) is 7.82. The van der Waals surface area contributed by atoms with Gasteiger partial charge in [0, 0.05) is 57.1 Å². The van der Waals surface area contributed by atoms with Crippen molar-refractivity contribution < 1.29 is 32.3 Å². The topological polar surface area (TPSA) is 114 Å². The molecular formula is C21H25F3N4O4. The van der Waals surface area contributed by atoms with Crippen molar-refractivity contribution in [3.05, 3.63) is 34.9 Å². The SMILES string of the molecule is COC1(C(F)(F)F)CC(N)(CNCc2cccc3c2CN(C2CCC(=O)NC2=O)C3=O)C1. The summed E-state index contributed by atoms with van der Waals surface area (Å²) in [4.78, 5) is 37.9. The van der Waals surface area contributed by atoms with Crippen LogP contribution in [-0.2, 0) is 27.4 Å². The third-order valence-electron chi connectivity index (χ3n) is 6.65. The summed E-state index contributed by atoms with van der Waals surface area (Å²) >= 11 is 0. The van der Waals surface area contributed by atoms with Crippen molar-refractivity contribution in [2.45, 2.75) is 62.1 Å². The monoisotopic (exact) mass is 454 g/mol. The van der Waals surface area contributed by atoms with E-state index in [-0.39, 0.29) is 50.6 Å². The molecule has 2 fully saturated rings. The van der Waals surface area contributed by atoms with Crippen LogP contribution in [0, 0.1) is 0 Å². The first-order chi connectivity index (χ1) is 15.0. The Labute approximate surface area is 182 Å². The van der Waals surface area contributed by atoms with Gasteiger partial charge in [0.15, 0.2) is 5.60 Å². The van der Waals surface area contributed by atoms with Gasteiger partial charge in [0.25, 0.3) is 5.91 Å². The Balaban J connectivity index is 1.40. The summed E-state index contributed by atoms with van der Waals surface area (Å²) in [6.45, 7) is 0.695. The number of fused-ring (bicyclic) bond motifs is 1. The summed E-state index contributed by atoms with van der Waals surface area (Å²) in [6.07, 6.45) is -4.70. The van der Waals surface area contributed by atoms with Gasteiger partial charge >= 0.3 is 6.18 Å². The van der Waals surface area contributed by atoms with Crippen molar-refractivity contribution in [1.29, 1.82) is 0 Å². The molecule has 8 nitrogen and oxygen atoms in total. The minimum atomic E-state index is -4.48. The fraction of sp³-hybridized carbons (Fsp3) is 0.571. The number of carbonyl (C=O) groups is 3. The number of hydrogen-bond acceptors (Lipinski definition) is 6. The quantitative estimate of drug-likeness (QED) is 0.553. The highest BCUT2D eigenvalue weighted by atomic mass is 19.4. The van der Waals surface area contributed by atoms with Gasteiger partial charge < -0.3 is 20.7 Å². The van der Waals surface area contributed by atoms with Gasteiger partial charge in [-0.3, -0.25) is 19.7 Å². The molecule has 1 atom stereocenters. The van der Waals surface area contributed by atoms with E-state index in [1.165, 1.54) is 4.90 Å². The lowest BCUT2D eigenvalue weighted by molar-refractivity contribution is -0.311. The number of carbonyl (C=O) groups excluding carboxylic acids is 3. The van der Waals surface area contributed by atoms with E-state index in [1.807, 2.05) is 6.07 Å². The van der Waals surface area contributed by atoms with Crippen molar-refractivity contribution >= 4 is 17.7 Å². The fourth-order valence-corrected chi connectivity index (χ4v) is 4.93. The van der Waals surface area contributed by atoms with Crippen LogP contribution in [0.4, 0.5) is 13.2 Å². The molecule has 3 amide bonds. The molecule has 1 aromatic rings. The number of nitrogens with one attached hydrogen (secondary N) is 2. The molecular weight excluding hydrogens is 429 g/mol. The van der Waals surface area contributed by atoms with Crippen LogP contribution in [0.2, 0.25) is 0 Å². The maximum absolute atomic E-state index is 13.2. The molecule has 2 heterocycles. The third-order valence-corrected chi connectivity index (χ3v) is 6.65. The van der Waals surface area contributed by atoms with Crippen molar-refractivity contribution in [2.75, 3.05) is 13.7 Å². The maximum Gasteiger partial charge on any atom is 0.417 e. The first kappa shape index (κ1) is 22.7. The molecule has 4 rings (SSSR count). The molecule has 1 aromatic carbocycles. The zero-order valence-corrected chi connectivity index (χ0v) is 17.6. The van der Waals surface area contributed by atoms with E-state index in [2.05, 4.69) is 10.6 Å². The van der Waals surface area contributed by atoms with Gasteiger partial charge in [-0.1, -0.05) is 12.1 Å². The van der Waals surface area contributed by atoms with Crippen LogP contribution in [-0.4, -0.2) is 59.6 Å². The number of nitrogens with two attached hydrogens (primary N) is 1. The van der Waals surface area contributed by atoms with Gasteiger partial charge in [0.1, 0.15) is 6.04 Å². The van der Waals surface area contributed by atoms with E-state index in [0.29, 0.717) is 12.1 Å². The maximum atomic E-state index is 13.2. The number of piperidine rings is 1. The van der Waals surface area contributed by atoms with E-state index < -0.39 is 29.3 Å². The zero-order chi connectivity index (χ0) is 23.3. The summed E-state index contributed by atoms with van der Waals surface area (Å²) < 4.78 is 44.4. The molecule has 2 aliphatic heterocycles. The van der Waals surface area contributed by atoms with Gasteiger partial charge in [-0.05, 0) is 23.6 Å². The van der Waals surface area contributed by atoms with Crippen molar-refractivity contribution in [2.24, 2.45) is 5.73 Å². The van der Waals surface area contributed by atoms with Crippen LogP contribution in [0.1, 0.15) is 47.2 Å². The van der Waals surface area contributed by atoms with Crippen molar-refractivity contribution in [1.82, 2.24) is 15.5 Å². The highest BCUT2D eigenvalue weighted by Crippen LogP contribution is 2.51. The molecule has 0 bridgehead atoms. The predicted octanol–water partition coefficient (Wildman–Crippen LogP) is 0.976. The standard InChI is InChI=1S/C21H25F3N4O4/c1-32-20(21(22,23)24)9-19(25,10-20)11-26-7-12-3-2-4-13-14(12)8-28(18(13)31)15-5-6-16(29)27-17(15)30/h2-4,15,26H,5-11,25H2,1H3,(H,27,29,30). The average Bonchev–Trinajstić information content (AvgIpc) is 3.02. The Morgan fingerprint density at radius 3 is 2.62 bits per heavy atom. The zero-order valence-electron chi connectivity index (χ0n) is 17.6. The molecule has 0 aromatic heterocycles. The van der Waals surface area contributed by atoms with E-state index in [0.717, 1.165) is 18.2 Å². The highest BCUT2D eigenvalue weighted by Gasteiger charge is 2.67. The van der Waals surface area contributed by atoms with Crippen LogP contribution in [0.5, 0.6) is 0 Å². The Bertz CT molecular complexity index is 959. The van der Waals surface area contributed by atoms with Gasteiger partial charge in [-0.25, -0.2) is 0 Å². The predicted molar refractivity (Wildman–Crippen MR) is 106 cm³/mol. The first-order valence-corrected chi connectivity index (χ1v) is 10.4. The number of halogens is 3. The number of benzene rings is 1. The lowest BCUT2D eigenvalue weighted by Gasteiger charge is -2.53. The molecule has 1 unspecified atom stereocenters. The highest BCUT2D eigenvalue weighted by molar-refractivity contribution is 6.05. The van der Waals surface area contributed by atoms with Gasteiger partial charge in [-0.2, -0.15) is 13.2 Å². The molecule has 11 heteroatoms. The van der Waals surface area contributed by atoms with Crippen LogP contribution in [0.15, 0.2) is 18.2 Å². The molecule has 0 radical (unpaired) electrons. The van der Waals surface area contributed by atoms with Crippen LogP contribution < -0.4 is 16.4 Å². The normalized spacial score (nSPS) is 30.2. The molecule has 0 spiro atoms. The van der Waals surface area contributed by atoms with Gasteiger partial charge in [-0.15, -0.1) is 0 Å². The smallest absolute Gasteiger partial charge is 0.369 e. The van der Waals surface area contributed by atoms with Gasteiger partial charge in [0.2, 0.25) is 11.8 Å². The molecule has 1 aliphatic carbocycles. The molecule has 32 heavy (non-hydrogen) atoms. The summed E-state index contributed by atoms with van der Waals surface area (Å²) in [5, 5.41) is 5.37. The Morgan fingerprint density at radius 2 is 2.00 bits per heavy atom. The number of imide groups is 1. The molecule has 3 aliphatic rings. The summed E-state index contributed by atoms with van der Waals surface area (Å²) in [5.41, 5.74) is 4.92. The van der Waals surface area contributed by atoms with Crippen LogP contribution in [0.3, 0.4) is 0 Å². The van der Waals surface area contributed by atoms with Crippen molar-refractivity contribution in [3.63, 3.8) is 0 Å². The molecule has 174 valence electrons. The number of ether oxygens (including phenoxy) is 1. The van der Waals surface area contributed by atoms with E-state index in [1.54, 1.807) is 12.1 Å². The first-order valence-electron chi connectivity index (χ1n) is 10.4. The molecule has 4 N–H and O–H groups in total. The minimum absolute atomic E-state index is 0.155. The van der Waals surface area contributed by atoms with E-state index in [4.69, 9.17) is 10.5 Å². The number of hydrogen-bond donors (Lipinski definition) is 3. The second-order valence-corrected chi connectivity index (χ2v) is 8.86. The fourth-order valence-electron chi connectivity index (χ4n) is 4.93. The van der Waals surface area contributed by atoms with Crippen LogP contribution >= 0.6 is 0 Å². The van der Waals surface area contributed by atoms with Crippen LogP contribution in [0.25, 0.3) is 0 Å². The van der Waals surface area contributed by atoms with E-state index in [9.17, 15) is 27.6 Å². The Kier molecular flexibility index (Phi) is 5.54. The number of alkyl halides is 3. The lowest BCUT2D eigenvalue weighted by atomic mass is 9.64. The largest absolute Gasteiger partial charge is 0.417 e. The van der Waals surface area contributed by atoms with Gasteiger partial charge in [0.05, 0.1) is 0 Å². The summed E-state index contributed by atoms with van der Waals surface area (Å²) in [7, 11) is 1.04. The third kappa shape index (κ3) is 3.78. The number of rotatable bonds is 6.